The van der Waals surface area contributed by atoms with E-state index in [0.717, 1.165) is 35.4 Å². The van der Waals surface area contributed by atoms with Gasteiger partial charge in [0.25, 0.3) is 0 Å². The normalized spacial score (nSPS) is 23.6. The van der Waals surface area contributed by atoms with E-state index >= 15 is 0 Å². The van der Waals surface area contributed by atoms with Crippen molar-refractivity contribution < 1.29 is 4.74 Å². The van der Waals surface area contributed by atoms with Gasteiger partial charge in [0.2, 0.25) is 4.96 Å². The molecule has 3 atom stereocenters. The van der Waals surface area contributed by atoms with E-state index in [9.17, 15) is 0 Å². The summed E-state index contributed by atoms with van der Waals surface area (Å²) < 4.78 is 7.26. The fourth-order valence-corrected chi connectivity index (χ4v) is 3.06. The van der Waals surface area contributed by atoms with Crippen molar-refractivity contribution in [1.82, 2.24) is 19.8 Å². The smallest absolute Gasteiger partial charge is 0.234 e. The van der Waals surface area contributed by atoms with Crippen LogP contribution in [0.25, 0.3) is 4.96 Å². The van der Waals surface area contributed by atoms with Gasteiger partial charge < -0.3 is 10.5 Å². The Morgan fingerprint density at radius 2 is 2.28 bits per heavy atom. The summed E-state index contributed by atoms with van der Waals surface area (Å²) in [6, 6.07) is 0.0899. The number of aromatic nitrogens is 4. The molecule has 1 aliphatic rings. The molecular weight excluding hydrogens is 250 g/mol. The van der Waals surface area contributed by atoms with Crippen LogP contribution in [-0.2, 0) is 4.74 Å². The molecule has 0 aliphatic carbocycles. The van der Waals surface area contributed by atoms with Gasteiger partial charge in [-0.2, -0.15) is 9.61 Å². The van der Waals surface area contributed by atoms with Crippen molar-refractivity contribution >= 4 is 16.3 Å². The largest absolute Gasteiger partial charge is 0.381 e. The first-order valence-electron chi connectivity index (χ1n) is 6.22. The van der Waals surface area contributed by atoms with Gasteiger partial charge >= 0.3 is 0 Å². The van der Waals surface area contributed by atoms with Crippen LogP contribution in [0.3, 0.4) is 0 Å². The van der Waals surface area contributed by atoms with Gasteiger partial charge in [0.15, 0.2) is 5.82 Å². The Morgan fingerprint density at radius 3 is 2.94 bits per heavy atom. The maximum Gasteiger partial charge on any atom is 0.234 e. The molecule has 0 bridgehead atoms. The predicted molar refractivity (Wildman–Crippen MR) is 68.9 cm³/mol. The Labute approximate surface area is 109 Å². The summed E-state index contributed by atoms with van der Waals surface area (Å²) in [5, 5.41) is 14.1. The van der Waals surface area contributed by atoms with Crippen LogP contribution in [-0.4, -0.2) is 39.1 Å². The molecule has 2 N–H and O–H groups in total. The number of nitrogens with zero attached hydrogens (tertiary/aromatic N) is 4. The highest BCUT2D eigenvalue weighted by Crippen LogP contribution is 2.28. The van der Waals surface area contributed by atoms with Gasteiger partial charge in [0, 0.05) is 24.5 Å². The number of hydrogen-bond donors (Lipinski definition) is 1. The van der Waals surface area contributed by atoms with Crippen molar-refractivity contribution in [3.05, 3.63) is 10.8 Å². The number of rotatable bonds is 3. The molecule has 18 heavy (non-hydrogen) atoms. The van der Waals surface area contributed by atoms with E-state index in [1.165, 1.54) is 0 Å². The molecule has 0 saturated carbocycles. The molecule has 3 rings (SSSR count). The zero-order valence-electron chi connectivity index (χ0n) is 10.5. The predicted octanol–water partition coefficient (Wildman–Crippen LogP) is 1.14. The van der Waals surface area contributed by atoms with Crippen molar-refractivity contribution in [3.8, 4) is 0 Å². The van der Waals surface area contributed by atoms with E-state index in [2.05, 4.69) is 22.2 Å². The van der Waals surface area contributed by atoms with Gasteiger partial charge in [-0.1, -0.05) is 18.3 Å². The highest BCUT2D eigenvalue weighted by Gasteiger charge is 2.26. The summed E-state index contributed by atoms with van der Waals surface area (Å²) in [6.45, 7) is 5.61. The molecule has 3 unspecified atom stereocenters. The average Bonchev–Trinajstić information content (AvgIpc) is 3.02. The first-order chi connectivity index (χ1) is 8.66. The minimum absolute atomic E-state index is 0.0899. The first-order valence-corrected chi connectivity index (χ1v) is 7.04. The van der Waals surface area contributed by atoms with Gasteiger partial charge in [0.05, 0.1) is 6.61 Å². The topological polar surface area (TPSA) is 78.3 Å². The van der Waals surface area contributed by atoms with Crippen LogP contribution < -0.4 is 5.73 Å². The van der Waals surface area contributed by atoms with Gasteiger partial charge in [-0.15, -0.1) is 10.2 Å². The third kappa shape index (κ3) is 1.92. The number of ether oxygens (including phenoxy) is 1. The molecule has 0 aromatic carbocycles. The quantitative estimate of drug-likeness (QED) is 0.902. The molecule has 7 heteroatoms. The van der Waals surface area contributed by atoms with Crippen LogP contribution in [0.4, 0.5) is 0 Å². The summed E-state index contributed by atoms with van der Waals surface area (Å²) in [5.41, 5.74) is 5.92. The lowest BCUT2D eigenvalue weighted by Crippen LogP contribution is -2.22. The van der Waals surface area contributed by atoms with Gasteiger partial charge in [-0.3, -0.25) is 0 Å². The second-order valence-corrected chi connectivity index (χ2v) is 5.89. The van der Waals surface area contributed by atoms with Gasteiger partial charge in [-0.05, 0) is 13.3 Å². The van der Waals surface area contributed by atoms with E-state index in [-0.39, 0.29) is 12.0 Å². The molecule has 0 radical (unpaired) electrons. The number of fused-ring (bicyclic) bond motifs is 1. The van der Waals surface area contributed by atoms with Crippen molar-refractivity contribution in [2.24, 2.45) is 5.73 Å². The standard InChI is InChI=1S/C11H17N5OS/c1-6(7(2)12)10-15-16-9(8-3-4-17-5-8)13-14-11(16)18-10/h6-8H,3-5,12H2,1-2H3. The van der Waals surface area contributed by atoms with Crippen LogP contribution in [0.15, 0.2) is 0 Å². The third-order valence-electron chi connectivity index (χ3n) is 3.50. The highest BCUT2D eigenvalue weighted by atomic mass is 32.1. The molecule has 2 aromatic heterocycles. The van der Waals surface area contributed by atoms with E-state index in [0.29, 0.717) is 5.92 Å². The average molecular weight is 267 g/mol. The second-order valence-electron chi connectivity index (χ2n) is 4.90. The first kappa shape index (κ1) is 12.0. The van der Waals surface area contributed by atoms with Gasteiger partial charge in [-0.25, -0.2) is 0 Å². The molecule has 98 valence electrons. The van der Waals surface area contributed by atoms with Crippen molar-refractivity contribution in [2.75, 3.05) is 13.2 Å². The minimum Gasteiger partial charge on any atom is -0.381 e. The fraction of sp³-hybridized carbons (Fsp3) is 0.727. The summed E-state index contributed by atoms with van der Waals surface area (Å²) >= 11 is 1.57. The van der Waals surface area contributed by atoms with Crippen LogP contribution in [0.5, 0.6) is 0 Å². The molecule has 0 spiro atoms. The van der Waals surface area contributed by atoms with Crippen LogP contribution in [0, 0.1) is 0 Å². The second kappa shape index (κ2) is 4.56. The fourth-order valence-electron chi connectivity index (χ4n) is 2.05. The maximum atomic E-state index is 5.92. The monoisotopic (exact) mass is 267 g/mol. The molecule has 0 amide bonds. The maximum absolute atomic E-state index is 5.92. The Hall–Kier alpha value is -1.05. The van der Waals surface area contributed by atoms with Crippen LogP contribution in [0.1, 0.15) is 42.9 Å². The van der Waals surface area contributed by atoms with E-state index in [1.807, 2.05) is 11.4 Å². The van der Waals surface area contributed by atoms with Crippen LogP contribution >= 0.6 is 11.3 Å². The molecule has 2 aromatic rings. The molecule has 6 nitrogen and oxygen atoms in total. The zero-order chi connectivity index (χ0) is 12.7. The Bertz CT molecular complexity index is 543. The summed E-state index contributed by atoms with van der Waals surface area (Å²) in [4.78, 5) is 0.847. The van der Waals surface area contributed by atoms with E-state index in [4.69, 9.17) is 10.5 Å². The third-order valence-corrected chi connectivity index (χ3v) is 4.60. The Morgan fingerprint density at radius 1 is 1.44 bits per heavy atom. The summed E-state index contributed by atoms with van der Waals surface area (Å²) in [5.74, 6) is 1.48. The lowest BCUT2D eigenvalue weighted by molar-refractivity contribution is 0.193. The lowest BCUT2D eigenvalue weighted by Gasteiger charge is -2.11. The van der Waals surface area contributed by atoms with Crippen molar-refractivity contribution in [2.45, 2.75) is 38.1 Å². The number of hydrogen-bond acceptors (Lipinski definition) is 6. The van der Waals surface area contributed by atoms with Crippen molar-refractivity contribution in [3.63, 3.8) is 0 Å². The Kier molecular flexibility index (Phi) is 3.04. The summed E-state index contributed by atoms with van der Waals surface area (Å²) in [6.07, 6.45) is 0.997. The lowest BCUT2D eigenvalue weighted by atomic mass is 10.1. The Balaban J connectivity index is 1.97. The molecule has 3 heterocycles. The zero-order valence-corrected chi connectivity index (χ0v) is 11.4. The summed E-state index contributed by atoms with van der Waals surface area (Å²) in [7, 11) is 0. The SMILES string of the molecule is CC(N)C(C)c1nn2c(C3CCOC3)nnc2s1. The van der Waals surface area contributed by atoms with Crippen LogP contribution in [0.2, 0.25) is 0 Å². The molecule has 1 saturated heterocycles. The highest BCUT2D eigenvalue weighted by molar-refractivity contribution is 7.16. The van der Waals surface area contributed by atoms with Crippen molar-refractivity contribution in [1.29, 1.82) is 0 Å². The molecular formula is C11H17N5OS. The number of nitrogens with two attached hydrogens (primary N) is 1. The van der Waals surface area contributed by atoms with Gasteiger partial charge in [0.1, 0.15) is 5.01 Å². The minimum atomic E-state index is 0.0899. The van der Waals surface area contributed by atoms with E-state index < -0.39 is 0 Å². The molecule has 1 aliphatic heterocycles. The molecule has 1 fully saturated rings. The van der Waals surface area contributed by atoms with E-state index in [1.54, 1.807) is 11.3 Å².